The number of halogens is 1. The number of aromatic nitrogens is 1. The fourth-order valence-electron chi connectivity index (χ4n) is 6.35. The van der Waals surface area contributed by atoms with Crippen molar-refractivity contribution in [1.29, 1.82) is 0 Å². The van der Waals surface area contributed by atoms with Crippen LogP contribution in [-0.2, 0) is 18.9 Å². The van der Waals surface area contributed by atoms with Crippen LogP contribution < -0.4 is 16.1 Å². The third-order valence-corrected chi connectivity index (χ3v) is 14.1. The van der Waals surface area contributed by atoms with Crippen molar-refractivity contribution in [2.45, 2.75) is 43.7 Å². The number of ether oxygens (including phenoxy) is 2. The molecule has 2 aromatic carbocycles. The summed E-state index contributed by atoms with van der Waals surface area (Å²) in [6.07, 6.45) is 6.57. The van der Waals surface area contributed by atoms with E-state index < -0.39 is 8.32 Å². The zero-order valence-corrected chi connectivity index (χ0v) is 28.4. The molecule has 0 spiro atoms. The van der Waals surface area contributed by atoms with Gasteiger partial charge in [0.25, 0.3) is 8.32 Å². The highest BCUT2D eigenvalue weighted by Crippen LogP contribution is 2.44. The third-order valence-electron chi connectivity index (χ3n) is 8.31. The first-order chi connectivity index (χ1) is 20.7. The first-order valence-corrected chi connectivity index (χ1v) is 17.4. The summed E-state index contributed by atoms with van der Waals surface area (Å²) >= 11 is 2.29. The molecule has 2 aliphatic heterocycles. The van der Waals surface area contributed by atoms with E-state index in [0.717, 1.165) is 9.13 Å². The number of rotatable bonds is 12. The molecule has 1 fully saturated rings. The average molecular weight is 710 g/mol. The Kier molecular flexibility index (Phi) is 9.42. The van der Waals surface area contributed by atoms with Crippen LogP contribution in [0.3, 0.4) is 0 Å². The van der Waals surface area contributed by atoms with Crippen molar-refractivity contribution in [2.24, 2.45) is 15.7 Å². The molecule has 0 aliphatic carbocycles. The van der Waals surface area contributed by atoms with Gasteiger partial charge in [0.05, 0.1) is 43.3 Å². The fraction of sp³-hybridized carbons (Fsp3) is 0.333. The van der Waals surface area contributed by atoms with Crippen molar-refractivity contribution in [3.63, 3.8) is 0 Å². The van der Waals surface area contributed by atoms with Gasteiger partial charge in [-0.3, -0.25) is 0 Å². The third kappa shape index (κ3) is 5.66. The Hall–Kier alpha value is -3.03. The van der Waals surface area contributed by atoms with Gasteiger partial charge in [-0.25, -0.2) is 9.98 Å². The predicted molar refractivity (Wildman–Crippen MR) is 186 cm³/mol. The van der Waals surface area contributed by atoms with Crippen LogP contribution in [0.2, 0.25) is 0 Å². The summed E-state index contributed by atoms with van der Waals surface area (Å²) in [5.41, 5.74) is 8.57. The van der Waals surface area contributed by atoms with Gasteiger partial charge >= 0.3 is 0 Å². The minimum Gasteiger partial charge on any atom is -0.404 e. The lowest BCUT2D eigenvalue weighted by Gasteiger charge is -2.55. The van der Waals surface area contributed by atoms with Crippen molar-refractivity contribution in [1.82, 2.24) is 9.47 Å². The second-order valence-electron chi connectivity index (χ2n) is 11.6. The van der Waals surface area contributed by atoms with Gasteiger partial charge in [-0.05, 0) is 38.5 Å². The maximum atomic E-state index is 7.18. The van der Waals surface area contributed by atoms with E-state index in [9.17, 15) is 0 Å². The molecule has 2 N–H and O–H groups in total. The molecule has 3 heterocycles. The smallest absolute Gasteiger partial charge is 0.266 e. The van der Waals surface area contributed by atoms with Crippen LogP contribution >= 0.6 is 22.6 Å². The van der Waals surface area contributed by atoms with Gasteiger partial charge < -0.3 is 29.1 Å². The molecule has 3 aromatic rings. The van der Waals surface area contributed by atoms with Gasteiger partial charge in [0.2, 0.25) is 0 Å². The van der Waals surface area contributed by atoms with Crippen LogP contribution in [0.15, 0.2) is 90.0 Å². The summed E-state index contributed by atoms with van der Waals surface area (Å²) in [5, 5.41) is 2.48. The van der Waals surface area contributed by atoms with Gasteiger partial charge in [0.1, 0.15) is 18.1 Å². The second-order valence-corrected chi connectivity index (χ2v) is 16.7. The molecular weight excluding hydrogens is 669 g/mol. The van der Waals surface area contributed by atoms with Crippen molar-refractivity contribution < 1.29 is 13.9 Å². The number of fused-ring (bicyclic) bond motifs is 1. The van der Waals surface area contributed by atoms with E-state index in [4.69, 9.17) is 19.6 Å². The maximum Gasteiger partial charge on any atom is 0.266 e. The summed E-state index contributed by atoms with van der Waals surface area (Å²) in [7, 11) is 1.24. The van der Waals surface area contributed by atoms with E-state index in [1.54, 1.807) is 12.4 Å². The summed E-state index contributed by atoms with van der Waals surface area (Å²) in [6, 6.07) is 19.4. The van der Waals surface area contributed by atoms with Crippen molar-refractivity contribution in [2.75, 3.05) is 27.3 Å². The first-order valence-electron chi connectivity index (χ1n) is 14.4. The normalized spacial score (nSPS) is 24.3. The standard InChI is InChI=1S/C33H40IN5O3Si/c1-7-17-40-27-18-30(39-19-26(34)31(32(39)36-21-35)23(2)37-22-38(5)6)42-28(27)20-41-43(24-13-9-8-10-14-24)29-16-12-11-15-25(29)33(43,3)4/h7-16,19,21-22,27-28,30H,1-2,17-18,20H2,3-6H3,(H2,35,36)/b37-22-. The number of nitrogens with two attached hydrogens (primary N) is 1. The molecule has 2 aliphatic rings. The molecule has 4 atom stereocenters. The van der Waals surface area contributed by atoms with E-state index in [1.165, 1.54) is 22.3 Å². The average Bonchev–Trinajstić information content (AvgIpc) is 3.55. The highest BCUT2D eigenvalue weighted by Gasteiger charge is 2.63. The van der Waals surface area contributed by atoms with Crippen molar-refractivity contribution >= 4 is 65.5 Å². The van der Waals surface area contributed by atoms with Crippen molar-refractivity contribution in [3.8, 4) is 0 Å². The zero-order chi connectivity index (χ0) is 30.8. The molecule has 8 nitrogen and oxygen atoms in total. The zero-order valence-electron chi connectivity index (χ0n) is 25.2. The topological polar surface area (TPSA) is 86.6 Å². The number of benzene rings is 2. The number of hydrogen-bond donors (Lipinski definition) is 1. The Balaban J connectivity index is 1.46. The van der Waals surface area contributed by atoms with Crippen LogP contribution in [-0.4, -0.2) is 70.0 Å². The Bertz CT molecular complexity index is 1540. The lowest BCUT2D eigenvalue weighted by molar-refractivity contribution is -0.0537. The van der Waals surface area contributed by atoms with Crippen LogP contribution in [0.25, 0.3) is 5.70 Å². The molecule has 0 saturated carbocycles. The van der Waals surface area contributed by atoms with E-state index in [2.05, 4.69) is 114 Å². The molecule has 43 heavy (non-hydrogen) atoms. The summed E-state index contributed by atoms with van der Waals surface area (Å²) in [6.45, 7) is 13.5. The minimum absolute atomic E-state index is 0.109. The lowest BCUT2D eigenvalue weighted by Crippen LogP contribution is -2.81. The molecule has 0 bridgehead atoms. The van der Waals surface area contributed by atoms with Crippen LogP contribution in [0, 0.1) is 3.57 Å². The molecule has 1 aromatic heterocycles. The molecule has 10 heteroatoms. The van der Waals surface area contributed by atoms with Crippen LogP contribution in [0.5, 0.6) is 0 Å². The summed E-state index contributed by atoms with van der Waals surface area (Å²) < 4.78 is 23.2. The van der Waals surface area contributed by atoms with E-state index in [-0.39, 0.29) is 23.5 Å². The Morgan fingerprint density at radius 1 is 1.21 bits per heavy atom. The monoisotopic (exact) mass is 709 g/mol. The highest BCUT2D eigenvalue weighted by molar-refractivity contribution is 14.1. The quantitative estimate of drug-likeness (QED) is 0.0967. The molecule has 5 rings (SSSR count). The SMILES string of the molecule is C=CCOC1CC(n2cc(I)c(C(=C)/N=C\N(C)C)c2/N=C\N)OC1CO[Si]1(c2ccccc2)c2ccccc2C1(C)C. The lowest BCUT2D eigenvalue weighted by atomic mass is 10.0. The predicted octanol–water partition coefficient (Wildman–Crippen LogP) is 4.74. The van der Waals surface area contributed by atoms with Gasteiger partial charge in [-0.2, -0.15) is 0 Å². The summed E-state index contributed by atoms with van der Waals surface area (Å²) in [5.74, 6) is 0.644. The van der Waals surface area contributed by atoms with E-state index in [1.807, 2.05) is 29.8 Å². The van der Waals surface area contributed by atoms with Crippen molar-refractivity contribution in [3.05, 3.63) is 94.7 Å². The largest absolute Gasteiger partial charge is 0.404 e. The minimum atomic E-state index is -2.59. The number of nitrogens with zero attached hydrogens (tertiary/aromatic N) is 4. The fourth-order valence-corrected chi connectivity index (χ4v) is 12.2. The Morgan fingerprint density at radius 2 is 1.93 bits per heavy atom. The Labute approximate surface area is 269 Å². The first kappa shape index (κ1) is 31.4. The Morgan fingerprint density at radius 3 is 2.63 bits per heavy atom. The van der Waals surface area contributed by atoms with Crippen LogP contribution in [0.4, 0.5) is 5.82 Å². The molecular formula is C33H40IN5O3Si. The summed E-state index contributed by atoms with van der Waals surface area (Å²) in [4.78, 5) is 10.9. The number of hydrogen-bond acceptors (Lipinski definition) is 5. The molecule has 226 valence electrons. The van der Waals surface area contributed by atoms with Gasteiger partial charge in [0.15, 0.2) is 0 Å². The van der Waals surface area contributed by atoms with E-state index in [0.29, 0.717) is 31.1 Å². The van der Waals surface area contributed by atoms with Gasteiger partial charge in [0, 0.05) is 35.3 Å². The van der Waals surface area contributed by atoms with E-state index >= 15 is 0 Å². The molecule has 1 saturated heterocycles. The molecule has 0 amide bonds. The van der Waals surface area contributed by atoms with Gasteiger partial charge in [-0.15, -0.1) is 6.58 Å². The molecule has 4 unspecified atom stereocenters. The molecule has 0 radical (unpaired) electrons. The second kappa shape index (κ2) is 12.9. The number of aliphatic imine (C=N–C) groups is 2. The van der Waals surface area contributed by atoms with Crippen LogP contribution in [0.1, 0.15) is 37.6 Å². The maximum absolute atomic E-state index is 7.18. The highest BCUT2D eigenvalue weighted by atomic mass is 127. The van der Waals surface area contributed by atoms with Gasteiger partial charge in [-0.1, -0.05) is 81.1 Å².